The normalized spacial score (nSPS) is 27.3. The van der Waals surface area contributed by atoms with Gasteiger partial charge in [0.25, 0.3) is 0 Å². The first kappa shape index (κ1) is 17.0. The summed E-state index contributed by atoms with van der Waals surface area (Å²) in [4.78, 5) is 0. The van der Waals surface area contributed by atoms with Crippen LogP contribution < -0.4 is 10.6 Å². The number of hydrazine groups is 1. The molecule has 1 aliphatic rings. The fourth-order valence-electron chi connectivity index (χ4n) is 4.21. The zero-order valence-electron chi connectivity index (χ0n) is 14.4. The molecule has 2 aromatic rings. The molecule has 3 unspecified atom stereocenters. The van der Waals surface area contributed by atoms with Crippen molar-refractivity contribution < 1.29 is 9.84 Å². The van der Waals surface area contributed by atoms with Gasteiger partial charge in [-0.15, -0.1) is 0 Å². The lowest BCUT2D eigenvalue weighted by Crippen LogP contribution is -2.46. The molecule has 3 rings (SSSR count). The van der Waals surface area contributed by atoms with Crippen molar-refractivity contribution in [1.29, 1.82) is 0 Å². The van der Waals surface area contributed by atoms with Gasteiger partial charge in [-0.3, -0.25) is 5.84 Å². The first-order valence-corrected chi connectivity index (χ1v) is 8.44. The van der Waals surface area contributed by atoms with Crippen LogP contribution in [0.1, 0.15) is 30.4 Å². The maximum atomic E-state index is 9.55. The third-order valence-electron chi connectivity index (χ3n) is 5.44. The number of ether oxygens (including phenoxy) is 1. The molecule has 1 heterocycles. The Labute approximate surface area is 143 Å². The van der Waals surface area contributed by atoms with Gasteiger partial charge in [0.1, 0.15) is 5.75 Å². The molecule has 4 nitrogen and oxygen atoms in total. The Hall–Kier alpha value is -1.88. The fraction of sp³-hybridized carbons (Fsp3) is 0.400. The second kappa shape index (κ2) is 6.93. The number of nitrogens with zero attached hydrogens (tertiary/aromatic N) is 1. The van der Waals surface area contributed by atoms with E-state index in [9.17, 15) is 5.11 Å². The van der Waals surface area contributed by atoms with Gasteiger partial charge < -0.3 is 9.84 Å². The number of benzene rings is 2. The Morgan fingerprint density at radius 3 is 2.50 bits per heavy atom. The van der Waals surface area contributed by atoms with E-state index in [1.165, 1.54) is 5.56 Å². The highest BCUT2D eigenvalue weighted by Crippen LogP contribution is 2.53. The predicted octanol–water partition coefficient (Wildman–Crippen LogP) is 2.88. The third-order valence-corrected chi connectivity index (χ3v) is 5.44. The second-order valence-electron chi connectivity index (χ2n) is 6.66. The van der Waals surface area contributed by atoms with E-state index in [0.717, 1.165) is 24.3 Å². The lowest BCUT2D eigenvalue weighted by atomic mass is 9.72. The molecular weight excluding hydrogens is 300 g/mol. The quantitative estimate of drug-likeness (QED) is 0.830. The van der Waals surface area contributed by atoms with Crippen molar-refractivity contribution in [2.45, 2.75) is 24.8 Å². The van der Waals surface area contributed by atoms with Crippen LogP contribution in [0.4, 0.5) is 0 Å². The molecule has 0 saturated carbocycles. The highest BCUT2D eigenvalue weighted by Gasteiger charge is 2.51. The molecule has 2 aromatic carbocycles. The molecule has 24 heavy (non-hydrogen) atoms. The van der Waals surface area contributed by atoms with E-state index in [1.807, 2.05) is 41.4 Å². The number of para-hydroxylation sites is 1. The molecule has 0 spiro atoms. The maximum Gasteiger partial charge on any atom is 0.122 e. The fourth-order valence-corrected chi connectivity index (χ4v) is 4.21. The number of rotatable bonds is 5. The first-order chi connectivity index (χ1) is 11.6. The summed E-state index contributed by atoms with van der Waals surface area (Å²) in [6, 6.07) is 18.5. The largest absolute Gasteiger partial charge is 0.496 e. The van der Waals surface area contributed by atoms with Crippen LogP contribution in [0.3, 0.4) is 0 Å². The molecule has 0 aliphatic carbocycles. The molecule has 0 aromatic heterocycles. The van der Waals surface area contributed by atoms with Crippen LogP contribution in [0, 0.1) is 5.92 Å². The summed E-state index contributed by atoms with van der Waals surface area (Å²) in [5, 5.41) is 11.5. The van der Waals surface area contributed by atoms with Crippen LogP contribution >= 0.6 is 0 Å². The van der Waals surface area contributed by atoms with Gasteiger partial charge in [0, 0.05) is 19.1 Å². The molecule has 4 heteroatoms. The van der Waals surface area contributed by atoms with Crippen LogP contribution in [0.2, 0.25) is 0 Å². The van der Waals surface area contributed by atoms with E-state index >= 15 is 0 Å². The predicted molar refractivity (Wildman–Crippen MR) is 95.6 cm³/mol. The maximum absolute atomic E-state index is 9.55. The highest BCUT2D eigenvalue weighted by molar-refractivity contribution is 5.43. The summed E-state index contributed by atoms with van der Waals surface area (Å²) in [5.74, 6) is 7.79. The molecule has 0 radical (unpaired) electrons. The zero-order chi connectivity index (χ0) is 17.2. The Balaban J connectivity index is 2.15. The molecule has 3 N–H and O–H groups in total. The van der Waals surface area contributed by atoms with Gasteiger partial charge in [-0.2, -0.15) is 0 Å². The summed E-state index contributed by atoms with van der Waals surface area (Å²) in [5.41, 5.74) is 1.98. The van der Waals surface area contributed by atoms with E-state index in [2.05, 4.69) is 25.1 Å². The zero-order valence-corrected chi connectivity index (χ0v) is 14.4. The van der Waals surface area contributed by atoms with Crippen molar-refractivity contribution in [3.63, 3.8) is 0 Å². The summed E-state index contributed by atoms with van der Waals surface area (Å²) < 4.78 is 5.63. The molecule has 0 amide bonds. The monoisotopic (exact) mass is 326 g/mol. The van der Waals surface area contributed by atoms with Gasteiger partial charge in [-0.05, 0) is 36.5 Å². The van der Waals surface area contributed by atoms with Crippen LogP contribution in [0.15, 0.2) is 54.6 Å². The van der Waals surface area contributed by atoms with Crippen molar-refractivity contribution in [3.8, 4) is 5.75 Å². The number of nitrogens with two attached hydrogens (primary N) is 1. The van der Waals surface area contributed by atoms with Crippen molar-refractivity contribution in [2.24, 2.45) is 11.8 Å². The van der Waals surface area contributed by atoms with Gasteiger partial charge in [0.05, 0.1) is 12.6 Å². The molecule has 3 atom stereocenters. The van der Waals surface area contributed by atoms with E-state index in [0.29, 0.717) is 0 Å². The molecule has 1 aliphatic heterocycles. The van der Waals surface area contributed by atoms with Crippen LogP contribution in [-0.2, 0) is 5.54 Å². The summed E-state index contributed by atoms with van der Waals surface area (Å²) in [6.45, 7) is 3.10. The Morgan fingerprint density at radius 1 is 1.17 bits per heavy atom. The van der Waals surface area contributed by atoms with E-state index in [4.69, 9.17) is 10.6 Å². The van der Waals surface area contributed by atoms with Crippen molar-refractivity contribution >= 4 is 0 Å². The van der Waals surface area contributed by atoms with Gasteiger partial charge in [-0.1, -0.05) is 48.5 Å². The summed E-state index contributed by atoms with van der Waals surface area (Å²) in [7, 11) is 1.70. The summed E-state index contributed by atoms with van der Waals surface area (Å²) >= 11 is 0. The first-order valence-electron chi connectivity index (χ1n) is 8.44. The van der Waals surface area contributed by atoms with E-state index in [-0.39, 0.29) is 24.0 Å². The number of aliphatic hydroxyl groups excluding tert-OH is 1. The minimum absolute atomic E-state index is 0.146. The second-order valence-corrected chi connectivity index (χ2v) is 6.66. The number of hydrogen-bond acceptors (Lipinski definition) is 4. The average Bonchev–Trinajstić information content (AvgIpc) is 2.87. The number of methoxy groups -OCH3 is 1. The Bertz CT molecular complexity index is 676. The summed E-state index contributed by atoms with van der Waals surface area (Å²) in [6.07, 6.45) is 0.721. The minimum atomic E-state index is -0.351. The highest BCUT2D eigenvalue weighted by atomic mass is 16.5. The molecular formula is C20H26N2O2. The van der Waals surface area contributed by atoms with E-state index < -0.39 is 0 Å². The Kier molecular flexibility index (Phi) is 4.90. The average molecular weight is 326 g/mol. The van der Waals surface area contributed by atoms with E-state index in [1.54, 1.807) is 7.11 Å². The number of hydrogen-bond donors (Lipinski definition) is 2. The van der Waals surface area contributed by atoms with Gasteiger partial charge >= 0.3 is 0 Å². The van der Waals surface area contributed by atoms with Gasteiger partial charge in [-0.25, -0.2) is 5.01 Å². The van der Waals surface area contributed by atoms with Crippen molar-refractivity contribution in [3.05, 3.63) is 65.7 Å². The SMILES string of the molecule is COc1ccccc1C1C(CCO)CN(N)C1(C)c1ccccc1. The smallest absolute Gasteiger partial charge is 0.122 e. The molecule has 128 valence electrons. The lowest BCUT2D eigenvalue weighted by Gasteiger charge is -2.39. The lowest BCUT2D eigenvalue weighted by molar-refractivity contribution is 0.143. The topological polar surface area (TPSA) is 58.7 Å². The van der Waals surface area contributed by atoms with Crippen LogP contribution in [0.25, 0.3) is 0 Å². The van der Waals surface area contributed by atoms with Crippen LogP contribution in [-0.4, -0.2) is 30.4 Å². The van der Waals surface area contributed by atoms with Gasteiger partial charge in [0.2, 0.25) is 0 Å². The molecule has 1 saturated heterocycles. The van der Waals surface area contributed by atoms with Gasteiger partial charge in [0.15, 0.2) is 0 Å². The third kappa shape index (κ3) is 2.71. The molecule has 0 bridgehead atoms. The standard InChI is InChI=1S/C20H26N2O2/c1-20(16-8-4-3-5-9-16)19(15(12-13-23)14-22(20)21)17-10-6-7-11-18(17)24-2/h3-11,15,19,23H,12-14,21H2,1-2H3. The van der Waals surface area contributed by atoms with Crippen molar-refractivity contribution in [1.82, 2.24) is 5.01 Å². The Morgan fingerprint density at radius 2 is 1.83 bits per heavy atom. The van der Waals surface area contributed by atoms with Crippen LogP contribution in [0.5, 0.6) is 5.75 Å². The minimum Gasteiger partial charge on any atom is -0.496 e. The molecule has 1 fully saturated rings. The number of aliphatic hydroxyl groups is 1. The van der Waals surface area contributed by atoms with Crippen molar-refractivity contribution in [2.75, 3.05) is 20.3 Å².